The Balaban J connectivity index is 2.31. The summed E-state index contributed by atoms with van der Waals surface area (Å²) < 4.78 is 0. The molecule has 14 heavy (non-hydrogen) atoms. The van der Waals surface area contributed by atoms with Crippen molar-refractivity contribution in [2.75, 3.05) is 19.6 Å². The Hall–Kier alpha value is -0.610. The highest BCUT2D eigenvalue weighted by molar-refractivity contribution is 5.81. The fraction of sp³-hybridized carbons (Fsp3) is 0.900. The molecule has 0 saturated carbocycles. The zero-order chi connectivity index (χ0) is 10.4. The lowest BCUT2D eigenvalue weighted by atomic mass is 9.90. The maximum Gasteiger partial charge on any atom is 0.237 e. The number of hydrogen-bond acceptors (Lipinski definition) is 3. The molecule has 0 spiro atoms. The average Bonchev–Trinajstić information content (AvgIpc) is 2.26. The van der Waals surface area contributed by atoms with Gasteiger partial charge in [-0.1, -0.05) is 13.3 Å². The van der Waals surface area contributed by atoms with Crippen LogP contribution in [0.2, 0.25) is 0 Å². The van der Waals surface area contributed by atoms with E-state index in [1.54, 1.807) is 0 Å². The first-order valence-corrected chi connectivity index (χ1v) is 5.49. The summed E-state index contributed by atoms with van der Waals surface area (Å²) in [5, 5.41) is 6.06. The summed E-state index contributed by atoms with van der Waals surface area (Å²) in [7, 11) is 0. The molecule has 1 fully saturated rings. The molecule has 2 unspecified atom stereocenters. The van der Waals surface area contributed by atoms with Crippen molar-refractivity contribution in [2.24, 2.45) is 11.7 Å². The van der Waals surface area contributed by atoms with Gasteiger partial charge in [-0.05, 0) is 25.3 Å². The summed E-state index contributed by atoms with van der Waals surface area (Å²) in [6.45, 7) is 4.23. The van der Waals surface area contributed by atoms with Crippen molar-refractivity contribution in [1.82, 2.24) is 10.6 Å². The van der Waals surface area contributed by atoms with Crippen LogP contribution in [0, 0.1) is 5.92 Å². The Morgan fingerprint density at radius 1 is 1.64 bits per heavy atom. The summed E-state index contributed by atoms with van der Waals surface area (Å²) in [4.78, 5) is 11.6. The standard InChI is InChI=1S/C10H21N3O/c1-2-8-3-5-12-9(7-8)10(14)13-6-4-11/h8-9,12H,2-7,11H2,1H3,(H,13,14). The number of carbonyl (C=O) groups is 1. The Labute approximate surface area is 85.6 Å². The summed E-state index contributed by atoms with van der Waals surface area (Å²) >= 11 is 0. The first-order valence-electron chi connectivity index (χ1n) is 5.49. The molecule has 4 N–H and O–H groups in total. The first kappa shape index (κ1) is 11.5. The van der Waals surface area contributed by atoms with Crippen molar-refractivity contribution >= 4 is 5.91 Å². The molecule has 1 saturated heterocycles. The maximum atomic E-state index is 11.6. The van der Waals surface area contributed by atoms with Crippen LogP contribution >= 0.6 is 0 Å². The fourth-order valence-corrected chi connectivity index (χ4v) is 1.89. The molecule has 1 aliphatic rings. The van der Waals surface area contributed by atoms with Crippen LogP contribution in [0.4, 0.5) is 0 Å². The van der Waals surface area contributed by atoms with Gasteiger partial charge in [0.05, 0.1) is 6.04 Å². The molecule has 0 aromatic heterocycles. The van der Waals surface area contributed by atoms with Gasteiger partial charge in [-0.15, -0.1) is 0 Å². The quantitative estimate of drug-likeness (QED) is 0.589. The van der Waals surface area contributed by atoms with E-state index in [2.05, 4.69) is 17.6 Å². The number of amides is 1. The predicted molar refractivity (Wildman–Crippen MR) is 56.9 cm³/mol. The Morgan fingerprint density at radius 3 is 3.07 bits per heavy atom. The number of rotatable bonds is 4. The second-order valence-corrected chi connectivity index (χ2v) is 3.89. The van der Waals surface area contributed by atoms with E-state index in [0.29, 0.717) is 19.0 Å². The van der Waals surface area contributed by atoms with E-state index in [4.69, 9.17) is 5.73 Å². The lowest BCUT2D eigenvalue weighted by Crippen LogP contribution is -2.49. The summed E-state index contributed by atoms with van der Waals surface area (Å²) in [5.41, 5.74) is 5.32. The van der Waals surface area contributed by atoms with E-state index in [1.165, 1.54) is 12.8 Å². The second-order valence-electron chi connectivity index (χ2n) is 3.89. The third kappa shape index (κ3) is 3.27. The van der Waals surface area contributed by atoms with Crippen LogP contribution in [0.25, 0.3) is 0 Å². The van der Waals surface area contributed by atoms with Crippen molar-refractivity contribution in [3.05, 3.63) is 0 Å². The molecule has 4 heteroatoms. The minimum atomic E-state index is 0.000231. The lowest BCUT2D eigenvalue weighted by molar-refractivity contribution is -0.124. The molecular weight excluding hydrogens is 178 g/mol. The molecular formula is C10H21N3O. The van der Waals surface area contributed by atoms with Crippen molar-refractivity contribution in [1.29, 1.82) is 0 Å². The van der Waals surface area contributed by atoms with E-state index in [9.17, 15) is 4.79 Å². The monoisotopic (exact) mass is 199 g/mol. The van der Waals surface area contributed by atoms with E-state index in [-0.39, 0.29) is 11.9 Å². The normalized spacial score (nSPS) is 27.3. The Morgan fingerprint density at radius 2 is 2.43 bits per heavy atom. The van der Waals surface area contributed by atoms with Crippen LogP contribution in [0.1, 0.15) is 26.2 Å². The van der Waals surface area contributed by atoms with Gasteiger partial charge in [0.1, 0.15) is 0 Å². The highest BCUT2D eigenvalue weighted by Gasteiger charge is 2.25. The van der Waals surface area contributed by atoms with Gasteiger partial charge in [-0.25, -0.2) is 0 Å². The number of hydrogen-bond donors (Lipinski definition) is 3. The molecule has 1 aliphatic heterocycles. The van der Waals surface area contributed by atoms with Crippen molar-refractivity contribution in [2.45, 2.75) is 32.2 Å². The molecule has 1 heterocycles. The molecule has 0 radical (unpaired) electrons. The van der Waals surface area contributed by atoms with E-state index in [0.717, 1.165) is 13.0 Å². The number of nitrogens with one attached hydrogen (secondary N) is 2. The van der Waals surface area contributed by atoms with E-state index in [1.807, 2.05) is 0 Å². The maximum absolute atomic E-state index is 11.6. The molecule has 82 valence electrons. The molecule has 4 nitrogen and oxygen atoms in total. The molecule has 1 amide bonds. The Kier molecular flexibility index (Phi) is 4.90. The van der Waals surface area contributed by atoms with Gasteiger partial charge in [0.2, 0.25) is 5.91 Å². The fourth-order valence-electron chi connectivity index (χ4n) is 1.89. The molecule has 0 bridgehead atoms. The van der Waals surface area contributed by atoms with Crippen LogP contribution < -0.4 is 16.4 Å². The summed E-state index contributed by atoms with van der Waals surface area (Å²) in [6, 6.07) is 0.000231. The predicted octanol–water partition coefficient (Wildman–Crippen LogP) is -0.160. The minimum Gasteiger partial charge on any atom is -0.353 e. The average molecular weight is 199 g/mol. The first-order chi connectivity index (χ1) is 6.77. The van der Waals surface area contributed by atoms with Crippen LogP contribution in [-0.2, 0) is 4.79 Å². The third-order valence-corrected chi connectivity index (χ3v) is 2.85. The highest BCUT2D eigenvalue weighted by Crippen LogP contribution is 2.19. The summed E-state index contributed by atoms with van der Waals surface area (Å²) in [5.74, 6) is 0.804. The minimum absolute atomic E-state index is 0.000231. The smallest absolute Gasteiger partial charge is 0.237 e. The van der Waals surface area contributed by atoms with E-state index >= 15 is 0 Å². The van der Waals surface area contributed by atoms with Crippen molar-refractivity contribution in [3.63, 3.8) is 0 Å². The van der Waals surface area contributed by atoms with Crippen molar-refractivity contribution < 1.29 is 4.79 Å². The third-order valence-electron chi connectivity index (χ3n) is 2.85. The van der Waals surface area contributed by atoms with Gasteiger partial charge < -0.3 is 16.4 Å². The van der Waals surface area contributed by atoms with Crippen LogP contribution in [-0.4, -0.2) is 31.6 Å². The number of nitrogens with two attached hydrogens (primary N) is 1. The zero-order valence-electron chi connectivity index (χ0n) is 8.88. The van der Waals surface area contributed by atoms with Crippen LogP contribution in [0.15, 0.2) is 0 Å². The van der Waals surface area contributed by atoms with Gasteiger partial charge >= 0.3 is 0 Å². The molecule has 0 aliphatic carbocycles. The van der Waals surface area contributed by atoms with Gasteiger partial charge in [-0.3, -0.25) is 4.79 Å². The molecule has 0 aromatic rings. The lowest BCUT2D eigenvalue weighted by Gasteiger charge is -2.28. The van der Waals surface area contributed by atoms with Gasteiger partial charge in [0, 0.05) is 13.1 Å². The molecule has 0 aromatic carbocycles. The Bertz CT molecular complexity index is 184. The topological polar surface area (TPSA) is 67.2 Å². The molecule has 1 rings (SSSR count). The van der Waals surface area contributed by atoms with Crippen LogP contribution in [0.3, 0.4) is 0 Å². The van der Waals surface area contributed by atoms with Crippen LogP contribution in [0.5, 0.6) is 0 Å². The largest absolute Gasteiger partial charge is 0.353 e. The molecule has 2 atom stereocenters. The number of carbonyl (C=O) groups excluding carboxylic acids is 1. The number of piperidine rings is 1. The summed E-state index contributed by atoms with van der Waals surface area (Å²) in [6.07, 6.45) is 3.33. The van der Waals surface area contributed by atoms with Gasteiger partial charge in [-0.2, -0.15) is 0 Å². The SMILES string of the molecule is CCC1CCNC(C(=O)NCCN)C1. The second kappa shape index (κ2) is 5.98. The highest BCUT2D eigenvalue weighted by atomic mass is 16.2. The van der Waals surface area contributed by atoms with E-state index < -0.39 is 0 Å². The van der Waals surface area contributed by atoms with Gasteiger partial charge in [0.15, 0.2) is 0 Å². The van der Waals surface area contributed by atoms with Gasteiger partial charge in [0.25, 0.3) is 0 Å². The van der Waals surface area contributed by atoms with Crippen molar-refractivity contribution in [3.8, 4) is 0 Å². The zero-order valence-corrected chi connectivity index (χ0v) is 8.88.